The Bertz CT molecular complexity index is 1290. The number of aromatic nitrogens is 5. The van der Waals surface area contributed by atoms with Gasteiger partial charge in [0.15, 0.2) is 11.4 Å². The first-order chi connectivity index (χ1) is 16.1. The molecule has 0 spiro atoms. The number of rotatable bonds is 5. The lowest BCUT2D eigenvalue weighted by Crippen LogP contribution is -2.46. The summed E-state index contributed by atoms with van der Waals surface area (Å²) in [6.45, 7) is 7.12. The molecule has 0 amide bonds. The van der Waals surface area contributed by atoms with Crippen LogP contribution in [-0.4, -0.2) is 55.7 Å². The average molecular weight is 445 g/mol. The van der Waals surface area contributed by atoms with Crippen LogP contribution in [0, 0.1) is 0 Å². The number of ether oxygens (including phenoxy) is 1. The summed E-state index contributed by atoms with van der Waals surface area (Å²) in [5, 5.41) is 5.63. The molecule has 7 nitrogen and oxygen atoms in total. The molecule has 6 rings (SSSR count). The van der Waals surface area contributed by atoms with E-state index in [1.165, 1.54) is 61.8 Å². The van der Waals surface area contributed by atoms with Crippen molar-refractivity contribution in [1.82, 2.24) is 29.5 Å². The Balaban J connectivity index is 1.38. The molecular weight excluding hydrogens is 412 g/mol. The van der Waals surface area contributed by atoms with E-state index >= 15 is 0 Å². The van der Waals surface area contributed by atoms with E-state index in [0.29, 0.717) is 11.8 Å². The molecule has 0 unspecified atom stereocenters. The normalized spacial score (nSPS) is 21.7. The standard InChI is InChI=1S/C26H32N6O/c1-16(2)24-20-12-21(17-5-7-19(8-6-17)31-9-4-10-31)27-13-22(20)30-25(24)18-11-23(33-3)26-28-15-29-32(26)14-18/h11-17,19,30H,4-10H2,1-3H3. The van der Waals surface area contributed by atoms with Crippen LogP contribution in [0.15, 0.2) is 30.9 Å². The van der Waals surface area contributed by atoms with Gasteiger partial charge in [-0.25, -0.2) is 9.50 Å². The van der Waals surface area contributed by atoms with E-state index in [-0.39, 0.29) is 0 Å². The number of nitrogens with one attached hydrogen (secondary N) is 1. The van der Waals surface area contributed by atoms with Crippen molar-refractivity contribution in [1.29, 1.82) is 0 Å². The van der Waals surface area contributed by atoms with E-state index in [2.05, 4.69) is 39.9 Å². The fraction of sp³-hybridized carbons (Fsp3) is 0.500. The third-order valence-electron chi connectivity index (χ3n) is 7.69. The number of pyridine rings is 2. The Kier molecular flexibility index (Phi) is 5.09. The van der Waals surface area contributed by atoms with Crippen molar-refractivity contribution in [3.05, 3.63) is 42.1 Å². The molecule has 1 saturated carbocycles. The predicted molar refractivity (Wildman–Crippen MR) is 130 cm³/mol. The number of hydrogen-bond acceptors (Lipinski definition) is 5. The van der Waals surface area contributed by atoms with Crippen molar-refractivity contribution in [3.8, 4) is 17.0 Å². The molecule has 0 bridgehead atoms. The van der Waals surface area contributed by atoms with Crippen LogP contribution in [0.1, 0.15) is 69.0 Å². The number of H-pyrrole nitrogens is 1. The second kappa shape index (κ2) is 8.13. The molecule has 1 aliphatic carbocycles. The summed E-state index contributed by atoms with van der Waals surface area (Å²) in [6, 6.07) is 5.20. The Morgan fingerprint density at radius 2 is 1.91 bits per heavy atom. The maximum atomic E-state index is 5.61. The number of fused-ring (bicyclic) bond motifs is 2. The molecule has 0 aromatic carbocycles. The smallest absolute Gasteiger partial charge is 0.197 e. The van der Waals surface area contributed by atoms with E-state index in [0.717, 1.165) is 34.2 Å². The summed E-state index contributed by atoms with van der Waals surface area (Å²) in [6.07, 6.45) is 12.1. The lowest BCUT2D eigenvalue weighted by atomic mass is 9.82. The molecule has 7 heteroatoms. The molecule has 1 saturated heterocycles. The first-order valence-electron chi connectivity index (χ1n) is 12.3. The van der Waals surface area contributed by atoms with Crippen LogP contribution in [0.3, 0.4) is 0 Å². The number of hydrogen-bond donors (Lipinski definition) is 1. The monoisotopic (exact) mass is 444 g/mol. The largest absolute Gasteiger partial charge is 0.493 e. The zero-order valence-corrected chi connectivity index (χ0v) is 19.7. The molecule has 0 atom stereocenters. The second-order valence-corrected chi connectivity index (χ2v) is 9.94. The molecule has 0 radical (unpaired) electrons. The number of aromatic amines is 1. The number of likely N-dealkylation sites (tertiary alicyclic amines) is 1. The summed E-state index contributed by atoms with van der Waals surface area (Å²) in [5.41, 5.74) is 6.54. The third-order valence-corrected chi connectivity index (χ3v) is 7.69. The quantitative estimate of drug-likeness (QED) is 0.462. The van der Waals surface area contributed by atoms with Gasteiger partial charge in [-0.3, -0.25) is 4.98 Å². The number of nitrogens with zero attached hydrogens (tertiary/aromatic N) is 5. The van der Waals surface area contributed by atoms with Crippen LogP contribution in [0.2, 0.25) is 0 Å². The third kappa shape index (κ3) is 3.50. The summed E-state index contributed by atoms with van der Waals surface area (Å²) < 4.78 is 7.39. The van der Waals surface area contributed by atoms with Crippen molar-refractivity contribution < 1.29 is 4.74 Å². The van der Waals surface area contributed by atoms with E-state index in [1.807, 2.05) is 18.5 Å². The van der Waals surface area contributed by atoms with Crippen molar-refractivity contribution in [2.75, 3.05) is 20.2 Å². The average Bonchev–Trinajstić information content (AvgIpc) is 3.41. The summed E-state index contributed by atoms with van der Waals surface area (Å²) in [5.74, 6) is 1.65. The van der Waals surface area contributed by atoms with Crippen molar-refractivity contribution in [3.63, 3.8) is 0 Å². The lowest BCUT2D eigenvalue weighted by molar-refractivity contribution is 0.0866. The van der Waals surface area contributed by atoms with Gasteiger partial charge in [0, 0.05) is 34.8 Å². The van der Waals surface area contributed by atoms with Gasteiger partial charge in [-0.15, -0.1) is 0 Å². The molecule has 5 heterocycles. The van der Waals surface area contributed by atoms with Gasteiger partial charge in [-0.2, -0.15) is 5.10 Å². The first kappa shape index (κ1) is 20.7. The van der Waals surface area contributed by atoms with E-state index in [1.54, 1.807) is 18.0 Å². The minimum Gasteiger partial charge on any atom is -0.493 e. The fourth-order valence-corrected chi connectivity index (χ4v) is 5.81. The summed E-state index contributed by atoms with van der Waals surface area (Å²) in [7, 11) is 1.68. The minimum atomic E-state index is 0.364. The molecule has 172 valence electrons. The fourth-order valence-electron chi connectivity index (χ4n) is 5.81. The first-order valence-corrected chi connectivity index (χ1v) is 12.3. The topological polar surface area (TPSA) is 71.3 Å². The van der Waals surface area contributed by atoms with Gasteiger partial charge in [0.1, 0.15) is 6.33 Å². The molecule has 2 fully saturated rings. The van der Waals surface area contributed by atoms with Crippen LogP contribution in [-0.2, 0) is 0 Å². The zero-order valence-electron chi connectivity index (χ0n) is 19.7. The Hall–Kier alpha value is -2.93. The second-order valence-electron chi connectivity index (χ2n) is 9.94. The van der Waals surface area contributed by atoms with Crippen molar-refractivity contribution in [2.24, 2.45) is 0 Å². The number of methoxy groups -OCH3 is 1. The van der Waals surface area contributed by atoms with Crippen LogP contribution >= 0.6 is 0 Å². The molecule has 1 N–H and O–H groups in total. The van der Waals surface area contributed by atoms with Crippen LogP contribution in [0.5, 0.6) is 5.75 Å². The maximum absolute atomic E-state index is 5.61. The van der Waals surface area contributed by atoms with Crippen LogP contribution in [0.4, 0.5) is 0 Å². The lowest BCUT2D eigenvalue weighted by Gasteiger charge is -2.41. The van der Waals surface area contributed by atoms with Crippen LogP contribution in [0.25, 0.3) is 27.8 Å². The Morgan fingerprint density at radius 1 is 1.09 bits per heavy atom. The molecule has 4 aromatic heterocycles. The van der Waals surface area contributed by atoms with Crippen LogP contribution < -0.4 is 4.74 Å². The molecule has 1 aliphatic heterocycles. The molecule has 2 aliphatic rings. The van der Waals surface area contributed by atoms with Gasteiger partial charge < -0.3 is 14.6 Å². The highest BCUT2D eigenvalue weighted by molar-refractivity contribution is 5.91. The van der Waals surface area contributed by atoms with Gasteiger partial charge in [0.25, 0.3) is 0 Å². The highest BCUT2D eigenvalue weighted by Crippen LogP contribution is 2.40. The zero-order chi connectivity index (χ0) is 22.5. The Morgan fingerprint density at radius 3 is 2.61 bits per heavy atom. The van der Waals surface area contributed by atoms with Gasteiger partial charge in [-0.05, 0) is 68.8 Å². The van der Waals surface area contributed by atoms with Gasteiger partial charge in [0.2, 0.25) is 0 Å². The molecule has 4 aromatic rings. The van der Waals surface area contributed by atoms with E-state index < -0.39 is 0 Å². The van der Waals surface area contributed by atoms with Crippen molar-refractivity contribution in [2.45, 2.75) is 63.8 Å². The van der Waals surface area contributed by atoms with Crippen molar-refractivity contribution >= 4 is 16.6 Å². The SMILES string of the molecule is COc1cc(-c2[nH]c3cnc(C4CCC(N5CCC5)CC4)cc3c2C(C)C)cn2ncnc12. The predicted octanol–water partition coefficient (Wildman–Crippen LogP) is 5.14. The summed E-state index contributed by atoms with van der Waals surface area (Å²) >= 11 is 0. The van der Waals surface area contributed by atoms with E-state index in [4.69, 9.17) is 9.72 Å². The molecular formula is C26H32N6O. The Labute approximate surface area is 194 Å². The van der Waals surface area contributed by atoms with Gasteiger partial charge in [-0.1, -0.05) is 13.8 Å². The highest BCUT2D eigenvalue weighted by Gasteiger charge is 2.30. The minimum absolute atomic E-state index is 0.364. The van der Waals surface area contributed by atoms with Gasteiger partial charge >= 0.3 is 0 Å². The van der Waals surface area contributed by atoms with Gasteiger partial charge in [0.05, 0.1) is 24.5 Å². The van der Waals surface area contributed by atoms with E-state index in [9.17, 15) is 0 Å². The maximum Gasteiger partial charge on any atom is 0.197 e. The summed E-state index contributed by atoms with van der Waals surface area (Å²) in [4.78, 5) is 15.6. The highest BCUT2D eigenvalue weighted by atomic mass is 16.5. The molecule has 33 heavy (non-hydrogen) atoms.